The molecule has 2 aliphatic rings. The van der Waals surface area contributed by atoms with Crippen LogP contribution in [0.2, 0.25) is 0 Å². The summed E-state index contributed by atoms with van der Waals surface area (Å²) in [5.41, 5.74) is -1.80. The van der Waals surface area contributed by atoms with Crippen molar-refractivity contribution in [2.75, 3.05) is 0 Å². The van der Waals surface area contributed by atoms with E-state index in [1.54, 1.807) is 0 Å². The van der Waals surface area contributed by atoms with Crippen LogP contribution >= 0.6 is 0 Å². The van der Waals surface area contributed by atoms with Crippen molar-refractivity contribution in [1.82, 2.24) is 0 Å². The monoisotopic (exact) mass is 758 g/mol. The van der Waals surface area contributed by atoms with Crippen LogP contribution in [-0.4, -0.2) is 91.6 Å². The van der Waals surface area contributed by atoms with Crippen molar-refractivity contribution in [2.45, 2.75) is 187 Å². The van der Waals surface area contributed by atoms with Crippen LogP contribution in [-0.2, 0) is 9.59 Å². The van der Waals surface area contributed by atoms with E-state index in [1.807, 2.05) is 41.5 Å². The third-order valence-electron chi connectivity index (χ3n) is 10.3. The minimum atomic E-state index is -1.53. The Balaban J connectivity index is 0.000000922. The second-order valence-electron chi connectivity index (χ2n) is 18.8. The molecule has 0 atom stereocenters. The van der Waals surface area contributed by atoms with Crippen LogP contribution < -0.4 is 10.2 Å². The van der Waals surface area contributed by atoms with E-state index < -0.39 is 34.1 Å². The number of nitrogens with zero attached hydrogens (tertiary/aromatic N) is 4. The van der Waals surface area contributed by atoms with E-state index in [4.69, 9.17) is 20.0 Å². The van der Waals surface area contributed by atoms with E-state index >= 15 is 0 Å². The molecule has 0 saturated carbocycles. The van der Waals surface area contributed by atoms with Gasteiger partial charge in [0.05, 0.1) is 34.8 Å². The number of rotatable bonds is 14. The van der Waals surface area contributed by atoms with E-state index in [1.165, 1.54) is 0 Å². The molecule has 49 heavy (non-hydrogen) atoms. The molecule has 0 N–H and O–H groups in total. The van der Waals surface area contributed by atoms with Gasteiger partial charge in [-0.3, -0.25) is 20.0 Å². The van der Waals surface area contributed by atoms with Crippen molar-refractivity contribution in [2.24, 2.45) is 52.5 Å². The summed E-state index contributed by atoms with van der Waals surface area (Å²) >= 11 is 0. The minimum Gasteiger partial charge on any atom is -0.545 e. The Labute approximate surface area is 337 Å². The second kappa shape index (κ2) is 16.8. The molecular formula is C40H70N4O4Sr. The minimum absolute atomic E-state index is 0. The molecule has 0 aromatic carbocycles. The largest absolute Gasteiger partial charge is 2.00 e. The normalized spacial score (nSPS) is 18.0. The van der Waals surface area contributed by atoms with Crippen LogP contribution in [0.15, 0.2) is 20.0 Å². The molecule has 0 aromatic heterocycles. The van der Waals surface area contributed by atoms with Crippen LogP contribution in [0.1, 0.15) is 176 Å². The van der Waals surface area contributed by atoms with Gasteiger partial charge in [0, 0.05) is 32.5 Å². The molecule has 0 bridgehead atoms. The zero-order valence-electron chi connectivity index (χ0n) is 34.8. The summed E-state index contributed by atoms with van der Waals surface area (Å²) in [7, 11) is 0. The molecular weight excluding hydrogens is 688 g/mol. The molecule has 0 unspecified atom stereocenters. The first-order valence-corrected chi connectivity index (χ1v) is 18.3. The maximum Gasteiger partial charge on any atom is 2.00 e. The molecule has 2 aliphatic heterocycles. The van der Waals surface area contributed by atoms with Crippen LogP contribution in [0.25, 0.3) is 0 Å². The van der Waals surface area contributed by atoms with Crippen molar-refractivity contribution < 1.29 is 19.8 Å². The summed E-state index contributed by atoms with van der Waals surface area (Å²) in [4.78, 5) is 43.3. The van der Waals surface area contributed by atoms with Gasteiger partial charge in [-0.15, -0.1) is 0 Å². The molecule has 0 radical (unpaired) electrons. The fraction of sp³-hybridized carbons (Fsp3) is 0.850. The Kier molecular flexibility index (Phi) is 16.5. The zero-order chi connectivity index (χ0) is 37.9. The van der Waals surface area contributed by atoms with Gasteiger partial charge in [-0.1, -0.05) is 150 Å². The zero-order valence-corrected chi connectivity index (χ0v) is 38.3. The first-order valence-electron chi connectivity index (χ1n) is 18.3. The summed E-state index contributed by atoms with van der Waals surface area (Å²) in [6, 6.07) is 0. The first-order chi connectivity index (χ1) is 21.5. The molecule has 0 aromatic rings. The van der Waals surface area contributed by atoms with Gasteiger partial charge in [0.15, 0.2) is 11.3 Å². The summed E-state index contributed by atoms with van der Waals surface area (Å²) in [6.45, 7) is 36.9. The molecule has 8 nitrogen and oxygen atoms in total. The van der Waals surface area contributed by atoms with Crippen molar-refractivity contribution in [3.8, 4) is 0 Å². The number of carboxylic acids is 2. The predicted molar refractivity (Wildman–Crippen MR) is 205 cm³/mol. The Morgan fingerprint density at radius 1 is 0.449 bits per heavy atom. The van der Waals surface area contributed by atoms with Gasteiger partial charge in [0.1, 0.15) is 0 Å². The molecule has 0 aliphatic carbocycles. The summed E-state index contributed by atoms with van der Waals surface area (Å²) in [5, 5.41) is 24.2. The number of carbonyl (C=O) groups is 2. The fourth-order valence-electron chi connectivity index (χ4n) is 7.24. The maximum atomic E-state index is 12.1. The summed E-state index contributed by atoms with van der Waals surface area (Å²) in [6.07, 6.45) is 7.84. The van der Waals surface area contributed by atoms with Crippen LogP contribution in [0.4, 0.5) is 0 Å². The van der Waals surface area contributed by atoms with Crippen molar-refractivity contribution in [3.05, 3.63) is 0 Å². The quantitative estimate of drug-likeness (QED) is 0.168. The van der Waals surface area contributed by atoms with Gasteiger partial charge in [-0.2, -0.15) is 0 Å². The number of carbonyl (C=O) groups excluding carboxylic acids is 2. The molecule has 0 saturated heterocycles. The Morgan fingerprint density at radius 2 is 0.612 bits per heavy atom. The summed E-state index contributed by atoms with van der Waals surface area (Å²) < 4.78 is 0. The predicted octanol–water partition coefficient (Wildman–Crippen LogP) is 7.67. The average molecular weight is 759 g/mol. The van der Waals surface area contributed by atoms with Crippen LogP contribution in [0.5, 0.6) is 0 Å². The topological polar surface area (TPSA) is 130 Å². The van der Waals surface area contributed by atoms with Gasteiger partial charge < -0.3 is 19.8 Å². The van der Waals surface area contributed by atoms with Crippen molar-refractivity contribution in [1.29, 1.82) is 0 Å². The number of hydrogen-bond acceptors (Lipinski definition) is 8. The Morgan fingerprint density at radius 3 is 0.714 bits per heavy atom. The van der Waals surface area contributed by atoms with Gasteiger partial charge in [-0.25, -0.2) is 0 Å². The number of aliphatic imine (C=N–C) groups is 4. The fourth-order valence-corrected chi connectivity index (χ4v) is 7.24. The standard InChI is InChI=1S/2C20H36N2O2.Sr/c2*1-10-12-18(6,7)14-15(19(8,9)13-11-2)22-20(21-14,16(23)24)17(3,4)5;/h2*10-13H2,1-9H3,(H,23,24);/q;;+2/p-2. The van der Waals surface area contributed by atoms with Crippen molar-refractivity contribution in [3.63, 3.8) is 0 Å². The molecule has 9 heteroatoms. The molecule has 2 rings (SSSR count). The van der Waals surface area contributed by atoms with Crippen LogP contribution in [0.3, 0.4) is 0 Å². The second-order valence-corrected chi connectivity index (χ2v) is 18.8. The van der Waals surface area contributed by atoms with E-state index in [2.05, 4.69) is 83.1 Å². The van der Waals surface area contributed by atoms with Gasteiger partial charge in [-0.05, 0) is 25.7 Å². The third kappa shape index (κ3) is 10.2. The van der Waals surface area contributed by atoms with Crippen molar-refractivity contribution >= 4 is 80.3 Å². The SMILES string of the molecule is CCCC(C)(C)C1=NC(C(=O)[O-])(C(C)(C)C)N=C1C(C)(C)CCC.CCCC(C)(C)C1=NC(C(=O)[O-])(C(C)(C)C)N=C1C(C)(C)CCC.[Sr+2]. The molecule has 2 heterocycles. The third-order valence-corrected chi connectivity index (χ3v) is 10.3. The Bertz CT molecular complexity index is 1140. The van der Waals surface area contributed by atoms with Gasteiger partial charge >= 0.3 is 45.5 Å². The van der Waals surface area contributed by atoms with Gasteiger partial charge in [0.2, 0.25) is 0 Å². The van der Waals surface area contributed by atoms with E-state index in [-0.39, 0.29) is 67.1 Å². The molecule has 0 spiro atoms. The Hall–Kier alpha value is -0.899. The number of aliphatic carboxylic acids is 2. The van der Waals surface area contributed by atoms with Gasteiger partial charge in [0.25, 0.3) is 0 Å². The summed E-state index contributed by atoms with van der Waals surface area (Å²) in [5.74, 6) is -2.41. The van der Waals surface area contributed by atoms with E-state index in [0.29, 0.717) is 0 Å². The smallest absolute Gasteiger partial charge is 0.545 e. The average Bonchev–Trinajstić information content (AvgIpc) is 3.53. The molecule has 276 valence electrons. The number of carboxylic acid groups (broad SMARTS) is 2. The molecule has 0 fully saturated rings. The van der Waals surface area contributed by atoms with E-state index in [9.17, 15) is 19.8 Å². The molecule has 0 amide bonds. The van der Waals surface area contributed by atoms with E-state index in [0.717, 1.165) is 74.2 Å². The first kappa shape index (κ1) is 48.1. The van der Waals surface area contributed by atoms with Crippen LogP contribution in [0, 0.1) is 32.5 Å². The maximum absolute atomic E-state index is 12.1. The number of hydrogen-bond donors (Lipinski definition) is 0.